The fraction of sp³-hybridized carbons (Fsp3) is 0.786. The van der Waals surface area contributed by atoms with E-state index in [1.54, 1.807) is 18.7 Å². The highest BCUT2D eigenvalue weighted by atomic mass is 16.5. The summed E-state index contributed by atoms with van der Waals surface area (Å²) < 4.78 is 10.9. The number of piperazine rings is 1. The van der Waals surface area contributed by atoms with Crippen LogP contribution in [-0.2, 0) is 23.9 Å². The van der Waals surface area contributed by atoms with Crippen LogP contribution in [0.5, 0.6) is 0 Å². The molecule has 2 unspecified atom stereocenters. The van der Waals surface area contributed by atoms with E-state index in [4.69, 9.17) is 9.47 Å². The second-order valence-corrected chi connectivity index (χ2v) is 11.1. The molecule has 2 amide bonds. The minimum absolute atomic E-state index is 0.0867. The molecule has 2 fully saturated rings. The number of hydrogen-bond donors (Lipinski definition) is 1. The topological polar surface area (TPSA) is 105 Å². The molecule has 9 nitrogen and oxygen atoms in total. The first kappa shape index (κ1) is 29.0. The average molecular weight is 518 g/mol. The Kier molecular flexibility index (Phi) is 10.8. The van der Waals surface area contributed by atoms with Gasteiger partial charge in [-0.25, -0.2) is 4.79 Å². The molecule has 1 N–H and O–H groups in total. The zero-order chi connectivity index (χ0) is 26.9. The van der Waals surface area contributed by atoms with Crippen molar-refractivity contribution in [1.29, 1.82) is 0 Å². The van der Waals surface area contributed by atoms with Crippen molar-refractivity contribution in [2.24, 2.45) is 29.6 Å². The van der Waals surface area contributed by atoms with Crippen LogP contribution in [0.3, 0.4) is 0 Å². The third-order valence-electron chi connectivity index (χ3n) is 7.70. The molecule has 9 heteroatoms. The highest BCUT2D eigenvalue weighted by molar-refractivity contribution is 5.82. The number of fused-ring (bicyclic) bond motifs is 1. The largest absolute Gasteiger partial charge is 0.464 e. The monoisotopic (exact) mass is 517 g/mol. The number of ketones is 1. The summed E-state index contributed by atoms with van der Waals surface area (Å²) in [7, 11) is 0. The van der Waals surface area contributed by atoms with E-state index in [1.165, 1.54) is 0 Å². The first-order valence-electron chi connectivity index (χ1n) is 13.7. The predicted molar refractivity (Wildman–Crippen MR) is 138 cm³/mol. The van der Waals surface area contributed by atoms with E-state index in [2.05, 4.69) is 17.2 Å². The van der Waals surface area contributed by atoms with E-state index in [9.17, 15) is 19.2 Å². The second kappa shape index (κ2) is 13.8. The number of Topliss-reactive ketones (excluding diaryl/α,β-unsaturated/α-hetero) is 1. The fourth-order valence-electron chi connectivity index (χ4n) is 5.15. The van der Waals surface area contributed by atoms with Crippen molar-refractivity contribution in [3.8, 4) is 11.8 Å². The summed E-state index contributed by atoms with van der Waals surface area (Å²) in [5, 5.41) is 2.70. The molecule has 1 saturated heterocycles. The Balaban J connectivity index is 1.40. The summed E-state index contributed by atoms with van der Waals surface area (Å²) in [5.74, 6) is 7.43. The number of alkyl carbamates (subject to hydrolysis) is 1. The van der Waals surface area contributed by atoms with Crippen molar-refractivity contribution in [1.82, 2.24) is 15.1 Å². The number of hydrogen-bond acceptors (Lipinski definition) is 7. The Morgan fingerprint density at radius 1 is 0.919 bits per heavy atom. The van der Waals surface area contributed by atoms with E-state index >= 15 is 0 Å². The summed E-state index contributed by atoms with van der Waals surface area (Å²) in [4.78, 5) is 53.1. The molecular formula is C28H43N3O6. The molecule has 0 bridgehead atoms. The molecule has 3 rings (SSSR count). The first-order chi connectivity index (χ1) is 17.7. The van der Waals surface area contributed by atoms with Gasteiger partial charge in [0.15, 0.2) is 0 Å². The lowest BCUT2D eigenvalue weighted by Crippen LogP contribution is -2.58. The summed E-state index contributed by atoms with van der Waals surface area (Å²) >= 11 is 0. The number of rotatable bonds is 11. The van der Waals surface area contributed by atoms with Gasteiger partial charge in [-0.2, -0.15) is 0 Å². The highest BCUT2D eigenvalue weighted by Crippen LogP contribution is 2.52. The van der Waals surface area contributed by atoms with Crippen LogP contribution < -0.4 is 5.32 Å². The van der Waals surface area contributed by atoms with Crippen molar-refractivity contribution in [3.63, 3.8) is 0 Å². The lowest BCUT2D eigenvalue weighted by Gasteiger charge is -2.41. The number of nitrogens with zero attached hydrogens (tertiary/aromatic N) is 2. The van der Waals surface area contributed by atoms with E-state index < -0.39 is 6.09 Å². The Labute approximate surface area is 221 Å². The first-order valence-corrected chi connectivity index (χ1v) is 13.7. The molecule has 1 heterocycles. The molecule has 0 aromatic rings. The van der Waals surface area contributed by atoms with Crippen molar-refractivity contribution in [3.05, 3.63) is 0 Å². The van der Waals surface area contributed by atoms with Crippen molar-refractivity contribution in [2.75, 3.05) is 45.9 Å². The van der Waals surface area contributed by atoms with Gasteiger partial charge in [-0.05, 0) is 30.6 Å². The van der Waals surface area contributed by atoms with E-state index in [0.29, 0.717) is 44.0 Å². The standard InChI is InChI=1S/C28H43N3O6/c1-19(2)25(32)16-30-13-14-31(15-21(30)17-36-27(34)20(3)4)26(33)11-12-29-28(35)37-18-24-22-9-7-5-6-8-10-23(22)24/h19-24H,7-18H2,1-4H3,(H,29,35)/t21?,22-,23+,24?. The lowest BCUT2D eigenvalue weighted by atomic mass is 10.1. The van der Waals surface area contributed by atoms with Crippen molar-refractivity contribution >= 4 is 23.8 Å². The smallest absolute Gasteiger partial charge is 0.407 e. The number of carbonyl (C=O) groups excluding carboxylic acids is 4. The normalized spacial score (nSPS) is 25.3. The van der Waals surface area contributed by atoms with Crippen LogP contribution in [0.15, 0.2) is 0 Å². The molecule has 3 aliphatic rings. The maximum absolute atomic E-state index is 12.8. The van der Waals surface area contributed by atoms with Crippen LogP contribution in [0.25, 0.3) is 0 Å². The molecule has 1 aliphatic heterocycles. The van der Waals surface area contributed by atoms with Crippen LogP contribution in [0.4, 0.5) is 4.79 Å². The van der Waals surface area contributed by atoms with E-state index in [-0.39, 0.29) is 61.7 Å². The van der Waals surface area contributed by atoms with Gasteiger partial charge in [0.2, 0.25) is 5.91 Å². The molecule has 0 aromatic carbocycles. The molecule has 0 spiro atoms. The SMILES string of the molecule is CC(C)C(=O)CN1CCN(C(=O)CCNC(=O)OCC2[C@H]3CCC#CCC[C@@H]23)CC1COC(=O)C(C)C. The van der Waals surface area contributed by atoms with Crippen molar-refractivity contribution < 1.29 is 28.7 Å². The molecule has 1 saturated carbocycles. The average Bonchev–Trinajstić information content (AvgIpc) is 3.50. The van der Waals surface area contributed by atoms with Gasteiger partial charge >= 0.3 is 12.1 Å². The quantitative estimate of drug-likeness (QED) is 0.332. The maximum atomic E-state index is 12.8. The van der Waals surface area contributed by atoms with Gasteiger partial charge in [0.1, 0.15) is 12.4 Å². The second-order valence-electron chi connectivity index (χ2n) is 11.1. The summed E-state index contributed by atoms with van der Waals surface area (Å²) in [5.41, 5.74) is 0. The lowest BCUT2D eigenvalue weighted by molar-refractivity contribution is -0.150. The van der Waals surface area contributed by atoms with Crippen LogP contribution in [0.2, 0.25) is 0 Å². The predicted octanol–water partition coefficient (Wildman–Crippen LogP) is 2.48. The van der Waals surface area contributed by atoms with Crippen LogP contribution in [-0.4, -0.2) is 85.5 Å². The zero-order valence-corrected chi connectivity index (χ0v) is 22.8. The van der Waals surface area contributed by atoms with Crippen molar-refractivity contribution in [2.45, 2.75) is 65.8 Å². The van der Waals surface area contributed by atoms with E-state index in [0.717, 1.165) is 25.7 Å². The van der Waals surface area contributed by atoms with Gasteiger partial charge in [-0.1, -0.05) is 27.7 Å². The minimum Gasteiger partial charge on any atom is -0.464 e. The zero-order valence-electron chi connectivity index (χ0n) is 22.8. The summed E-state index contributed by atoms with van der Waals surface area (Å²) in [6.07, 6.45) is 3.69. The Hall–Kier alpha value is -2.60. The number of esters is 1. The Morgan fingerprint density at radius 3 is 2.22 bits per heavy atom. The van der Waals surface area contributed by atoms with Gasteiger partial charge in [0.05, 0.1) is 25.1 Å². The third kappa shape index (κ3) is 8.74. The summed E-state index contributed by atoms with van der Waals surface area (Å²) in [6, 6.07) is -0.248. The number of ether oxygens (including phenoxy) is 2. The van der Waals surface area contributed by atoms with Crippen LogP contribution in [0, 0.1) is 41.4 Å². The highest BCUT2D eigenvalue weighted by Gasteiger charge is 2.49. The summed E-state index contributed by atoms with van der Waals surface area (Å²) in [6.45, 7) is 9.67. The molecular weight excluding hydrogens is 474 g/mol. The van der Waals surface area contributed by atoms with E-state index in [1.807, 2.05) is 18.7 Å². The van der Waals surface area contributed by atoms with Gasteiger partial charge in [-0.15, -0.1) is 11.8 Å². The maximum Gasteiger partial charge on any atom is 0.407 e. The van der Waals surface area contributed by atoms with Gasteiger partial charge < -0.3 is 19.7 Å². The van der Waals surface area contributed by atoms with Gasteiger partial charge in [-0.3, -0.25) is 19.3 Å². The molecule has 0 aromatic heterocycles. The molecule has 0 radical (unpaired) electrons. The number of amides is 2. The molecule has 4 atom stereocenters. The minimum atomic E-state index is -0.487. The van der Waals surface area contributed by atoms with Crippen LogP contribution >= 0.6 is 0 Å². The van der Waals surface area contributed by atoms with Gasteiger partial charge in [0.25, 0.3) is 0 Å². The third-order valence-corrected chi connectivity index (χ3v) is 7.70. The number of nitrogens with one attached hydrogen (secondary N) is 1. The van der Waals surface area contributed by atoms with Crippen LogP contribution in [0.1, 0.15) is 59.8 Å². The Bertz CT molecular complexity index is 874. The fourth-order valence-corrected chi connectivity index (χ4v) is 5.15. The molecule has 2 aliphatic carbocycles. The van der Waals surface area contributed by atoms with Gasteiger partial charge in [0, 0.05) is 51.4 Å². The molecule has 37 heavy (non-hydrogen) atoms. The number of carbonyl (C=O) groups is 4. The molecule has 206 valence electrons. The Morgan fingerprint density at radius 2 is 1.59 bits per heavy atom.